The van der Waals surface area contributed by atoms with Crippen molar-refractivity contribution in [3.05, 3.63) is 58.1 Å². The molecule has 0 atom stereocenters. The lowest BCUT2D eigenvalue weighted by Gasteiger charge is -2.08. The predicted molar refractivity (Wildman–Crippen MR) is 75.5 cm³/mol. The van der Waals surface area contributed by atoms with Crippen molar-refractivity contribution < 1.29 is 13.6 Å². The molecule has 0 radical (unpaired) electrons. The van der Waals surface area contributed by atoms with E-state index in [0.717, 1.165) is 12.1 Å². The number of nitrogens with one attached hydrogen (secondary N) is 2. The molecule has 0 unspecified atom stereocenters. The fraction of sp³-hybridized carbons (Fsp3) is 0. The zero-order chi connectivity index (χ0) is 14.7. The normalized spacial score (nSPS) is 10.2. The van der Waals surface area contributed by atoms with E-state index >= 15 is 0 Å². The van der Waals surface area contributed by atoms with Crippen molar-refractivity contribution >= 4 is 40.6 Å². The molecule has 0 aromatic heterocycles. The average molecular weight is 317 g/mol. The van der Waals surface area contributed by atoms with Crippen LogP contribution in [0.4, 0.5) is 25.0 Å². The lowest BCUT2D eigenvalue weighted by Crippen LogP contribution is -2.19. The van der Waals surface area contributed by atoms with Gasteiger partial charge in [-0.3, -0.25) is 0 Å². The minimum atomic E-state index is -1.04. The highest BCUT2D eigenvalue weighted by molar-refractivity contribution is 6.42. The molecule has 0 saturated heterocycles. The van der Waals surface area contributed by atoms with Crippen molar-refractivity contribution in [3.63, 3.8) is 0 Å². The van der Waals surface area contributed by atoms with Gasteiger partial charge in [0.25, 0.3) is 0 Å². The lowest BCUT2D eigenvalue weighted by molar-refractivity contribution is 0.262. The van der Waals surface area contributed by atoms with Gasteiger partial charge in [0.1, 0.15) is 0 Å². The molecule has 2 aromatic carbocycles. The van der Waals surface area contributed by atoms with Crippen LogP contribution < -0.4 is 10.6 Å². The third-order valence-electron chi connectivity index (χ3n) is 2.35. The highest BCUT2D eigenvalue weighted by Crippen LogP contribution is 2.25. The number of hydrogen-bond donors (Lipinski definition) is 2. The van der Waals surface area contributed by atoms with Gasteiger partial charge in [-0.25, -0.2) is 13.6 Å². The Morgan fingerprint density at radius 3 is 2.05 bits per heavy atom. The Kier molecular flexibility index (Phi) is 4.42. The van der Waals surface area contributed by atoms with Gasteiger partial charge in [-0.05, 0) is 30.3 Å². The predicted octanol–water partition coefficient (Wildman–Crippen LogP) is 4.92. The molecule has 0 aliphatic carbocycles. The molecule has 104 valence electrons. The van der Waals surface area contributed by atoms with E-state index in [-0.39, 0.29) is 10.7 Å². The molecule has 0 bridgehead atoms. The maximum Gasteiger partial charge on any atom is 0.323 e. The van der Waals surface area contributed by atoms with Crippen LogP contribution in [0.15, 0.2) is 36.4 Å². The molecular weight excluding hydrogens is 309 g/mol. The van der Waals surface area contributed by atoms with Crippen LogP contribution in [0.1, 0.15) is 0 Å². The third kappa shape index (κ3) is 3.59. The summed E-state index contributed by atoms with van der Waals surface area (Å²) in [6, 6.07) is 6.97. The fourth-order valence-electron chi connectivity index (χ4n) is 1.44. The molecule has 0 aliphatic heterocycles. The largest absolute Gasteiger partial charge is 0.323 e. The van der Waals surface area contributed by atoms with E-state index in [2.05, 4.69) is 10.6 Å². The summed E-state index contributed by atoms with van der Waals surface area (Å²) in [5, 5.41) is 5.49. The Morgan fingerprint density at radius 2 is 1.45 bits per heavy atom. The minimum absolute atomic E-state index is 0.126. The molecule has 0 fully saturated rings. The van der Waals surface area contributed by atoms with Crippen molar-refractivity contribution in [1.82, 2.24) is 0 Å². The van der Waals surface area contributed by atoms with Crippen LogP contribution in [-0.2, 0) is 0 Å². The second-order valence-corrected chi connectivity index (χ2v) is 4.65. The first kappa shape index (κ1) is 14.6. The molecule has 0 heterocycles. The van der Waals surface area contributed by atoms with Crippen LogP contribution in [0.5, 0.6) is 0 Å². The van der Waals surface area contributed by atoms with Crippen molar-refractivity contribution in [1.29, 1.82) is 0 Å². The van der Waals surface area contributed by atoms with E-state index in [1.165, 1.54) is 18.2 Å². The molecule has 7 heteroatoms. The minimum Gasteiger partial charge on any atom is -0.308 e. The Hall–Kier alpha value is -1.85. The van der Waals surface area contributed by atoms with Crippen molar-refractivity contribution in [2.75, 3.05) is 10.6 Å². The van der Waals surface area contributed by atoms with Gasteiger partial charge in [0.2, 0.25) is 0 Å². The highest BCUT2D eigenvalue weighted by atomic mass is 35.5. The lowest BCUT2D eigenvalue weighted by atomic mass is 10.3. The molecular formula is C13H8Cl2F2N2O. The Balaban J connectivity index is 2.04. The molecule has 3 nitrogen and oxygen atoms in total. The van der Waals surface area contributed by atoms with Gasteiger partial charge in [-0.1, -0.05) is 23.2 Å². The number of carbonyl (C=O) groups excluding carboxylic acids is 1. The van der Waals surface area contributed by atoms with Crippen LogP contribution in [0, 0.1) is 11.6 Å². The summed E-state index contributed by atoms with van der Waals surface area (Å²) in [6.45, 7) is 0. The van der Waals surface area contributed by atoms with Crippen molar-refractivity contribution in [2.45, 2.75) is 0 Å². The van der Waals surface area contributed by atoms with Crippen LogP contribution in [0.25, 0.3) is 0 Å². The number of carbonyl (C=O) groups is 1. The van der Waals surface area contributed by atoms with Gasteiger partial charge in [-0.2, -0.15) is 0 Å². The summed E-state index contributed by atoms with van der Waals surface area (Å²) in [7, 11) is 0. The quantitative estimate of drug-likeness (QED) is 0.811. The molecule has 2 aromatic rings. The summed E-state index contributed by atoms with van der Waals surface area (Å²) < 4.78 is 25.7. The molecule has 0 aliphatic rings. The Labute approximate surface area is 123 Å². The zero-order valence-electron chi connectivity index (χ0n) is 9.88. The summed E-state index contributed by atoms with van der Waals surface area (Å²) in [6.07, 6.45) is 0. The van der Waals surface area contributed by atoms with Crippen molar-refractivity contribution in [3.8, 4) is 0 Å². The van der Waals surface area contributed by atoms with Gasteiger partial charge in [0, 0.05) is 17.4 Å². The first-order valence-corrected chi connectivity index (χ1v) is 6.19. The van der Waals surface area contributed by atoms with Gasteiger partial charge in [0.15, 0.2) is 11.6 Å². The molecule has 0 saturated carbocycles. The van der Waals surface area contributed by atoms with E-state index < -0.39 is 17.7 Å². The summed E-state index contributed by atoms with van der Waals surface area (Å²) in [4.78, 5) is 11.7. The van der Waals surface area contributed by atoms with E-state index in [0.29, 0.717) is 10.7 Å². The molecule has 2 rings (SSSR count). The van der Waals surface area contributed by atoms with Crippen LogP contribution in [0.3, 0.4) is 0 Å². The average Bonchev–Trinajstić information content (AvgIpc) is 2.38. The van der Waals surface area contributed by atoms with Gasteiger partial charge in [0.05, 0.1) is 10.0 Å². The Morgan fingerprint density at radius 1 is 0.850 bits per heavy atom. The number of amides is 2. The van der Waals surface area contributed by atoms with E-state index in [4.69, 9.17) is 23.2 Å². The standard InChI is InChI=1S/C13H8Cl2F2N2O/c14-9-3-1-7(5-10(9)15)18-13(20)19-8-2-4-11(16)12(17)6-8/h1-6H,(H2,18,19,20). The Bertz CT molecular complexity index is 609. The molecule has 0 spiro atoms. The third-order valence-corrected chi connectivity index (χ3v) is 3.09. The highest BCUT2D eigenvalue weighted by Gasteiger charge is 2.07. The van der Waals surface area contributed by atoms with E-state index in [1.54, 1.807) is 6.07 Å². The smallest absolute Gasteiger partial charge is 0.308 e. The number of halogens is 4. The monoisotopic (exact) mass is 316 g/mol. The first-order valence-electron chi connectivity index (χ1n) is 5.44. The summed E-state index contributed by atoms with van der Waals surface area (Å²) in [5.74, 6) is -2.03. The van der Waals surface area contributed by atoms with Crippen LogP contribution >= 0.6 is 23.2 Å². The topological polar surface area (TPSA) is 41.1 Å². The first-order chi connectivity index (χ1) is 9.45. The van der Waals surface area contributed by atoms with Gasteiger partial charge in [-0.15, -0.1) is 0 Å². The van der Waals surface area contributed by atoms with Crippen molar-refractivity contribution in [2.24, 2.45) is 0 Å². The molecule has 2 N–H and O–H groups in total. The molecule has 2 amide bonds. The number of benzene rings is 2. The fourth-order valence-corrected chi connectivity index (χ4v) is 1.74. The summed E-state index contributed by atoms with van der Waals surface area (Å²) >= 11 is 11.5. The van der Waals surface area contributed by atoms with Gasteiger partial charge < -0.3 is 10.6 Å². The SMILES string of the molecule is O=C(Nc1ccc(F)c(F)c1)Nc1ccc(Cl)c(Cl)c1. The number of anilines is 2. The maximum absolute atomic E-state index is 13.0. The summed E-state index contributed by atoms with van der Waals surface area (Å²) in [5.41, 5.74) is 0.543. The number of hydrogen-bond acceptors (Lipinski definition) is 1. The van der Waals surface area contributed by atoms with Gasteiger partial charge >= 0.3 is 6.03 Å². The maximum atomic E-state index is 13.0. The molecule has 20 heavy (non-hydrogen) atoms. The van der Waals surface area contributed by atoms with Crippen LogP contribution in [0.2, 0.25) is 10.0 Å². The second-order valence-electron chi connectivity index (χ2n) is 3.84. The second kappa shape index (κ2) is 6.07. The van der Waals surface area contributed by atoms with E-state index in [9.17, 15) is 13.6 Å². The van der Waals surface area contributed by atoms with E-state index in [1.807, 2.05) is 0 Å². The number of rotatable bonds is 2. The zero-order valence-corrected chi connectivity index (χ0v) is 11.4. The number of urea groups is 1. The van der Waals surface area contributed by atoms with Crippen LogP contribution in [-0.4, -0.2) is 6.03 Å².